The highest BCUT2D eigenvalue weighted by Crippen LogP contribution is 2.26. The summed E-state index contributed by atoms with van der Waals surface area (Å²) in [5.41, 5.74) is 1.16. The Morgan fingerprint density at radius 2 is 1.68 bits per heavy atom. The summed E-state index contributed by atoms with van der Waals surface area (Å²) in [4.78, 5) is 25.0. The van der Waals surface area contributed by atoms with Crippen molar-refractivity contribution in [1.82, 2.24) is 0 Å². The third-order valence-electron chi connectivity index (χ3n) is 3.82. The van der Waals surface area contributed by atoms with E-state index in [0.717, 1.165) is 4.47 Å². The molecular weight excluding hydrogens is 420 g/mol. The molecule has 0 aliphatic rings. The highest BCUT2D eigenvalue weighted by molar-refractivity contribution is 9.10. The summed E-state index contributed by atoms with van der Waals surface area (Å²) in [6.07, 6.45) is 0. The molecule has 2 N–H and O–H groups in total. The Bertz CT molecular complexity index is 857. The highest BCUT2D eigenvalue weighted by atomic mass is 79.9. The average Bonchev–Trinajstić information content (AvgIpc) is 2.60. The van der Waals surface area contributed by atoms with E-state index in [1.807, 2.05) is 26.8 Å². The normalized spacial score (nSPS) is 11.2. The van der Waals surface area contributed by atoms with Crippen molar-refractivity contribution in [2.45, 2.75) is 34.6 Å². The molecule has 0 heterocycles. The number of hydrogen-bond acceptors (Lipinski definition) is 3. The minimum atomic E-state index is -0.502. The second-order valence-electron chi connectivity index (χ2n) is 8.08. The van der Waals surface area contributed by atoms with Gasteiger partial charge in [-0.3, -0.25) is 9.59 Å². The summed E-state index contributed by atoms with van der Waals surface area (Å²) < 4.78 is 6.58. The number of halogens is 1. The molecule has 0 aliphatic heterocycles. The van der Waals surface area contributed by atoms with Crippen LogP contribution in [0.4, 0.5) is 11.4 Å². The fraction of sp³-hybridized carbons (Fsp3) is 0.364. The van der Waals surface area contributed by atoms with Crippen LogP contribution in [0, 0.1) is 11.3 Å². The molecule has 0 fully saturated rings. The van der Waals surface area contributed by atoms with Gasteiger partial charge in [0.1, 0.15) is 5.75 Å². The third-order valence-corrected chi connectivity index (χ3v) is 4.31. The van der Waals surface area contributed by atoms with Crippen LogP contribution in [0.3, 0.4) is 0 Å². The molecule has 6 heteroatoms. The Labute approximate surface area is 175 Å². The van der Waals surface area contributed by atoms with Crippen molar-refractivity contribution < 1.29 is 14.3 Å². The molecule has 0 saturated heterocycles. The van der Waals surface area contributed by atoms with E-state index in [-0.39, 0.29) is 11.8 Å². The lowest BCUT2D eigenvalue weighted by atomic mass is 9.95. The second kappa shape index (κ2) is 9.24. The number of carbonyl (C=O) groups excluding carboxylic acids is 2. The van der Waals surface area contributed by atoms with Crippen LogP contribution in [-0.4, -0.2) is 18.4 Å². The second-order valence-corrected chi connectivity index (χ2v) is 9.00. The lowest BCUT2D eigenvalue weighted by Gasteiger charge is -2.18. The van der Waals surface area contributed by atoms with Crippen molar-refractivity contribution in [2.24, 2.45) is 11.3 Å². The highest BCUT2D eigenvalue weighted by Gasteiger charge is 2.21. The van der Waals surface area contributed by atoms with Crippen molar-refractivity contribution >= 4 is 39.1 Å². The SMILES string of the molecule is CC(C)COc1ccc(Br)cc1C(=O)Nc1cccc(NC(=O)C(C)(C)C)c1. The van der Waals surface area contributed by atoms with Gasteiger partial charge in [0.2, 0.25) is 5.91 Å². The van der Waals surface area contributed by atoms with E-state index in [0.29, 0.717) is 35.2 Å². The van der Waals surface area contributed by atoms with Gasteiger partial charge in [-0.25, -0.2) is 0 Å². The van der Waals surface area contributed by atoms with Crippen LogP contribution in [0.25, 0.3) is 0 Å². The van der Waals surface area contributed by atoms with Crippen LogP contribution in [0.15, 0.2) is 46.9 Å². The van der Waals surface area contributed by atoms with Gasteiger partial charge in [-0.2, -0.15) is 0 Å². The number of nitrogens with one attached hydrogen (secondary N) is 2. The van der Waals surface area contributed by atoms with E-state index in [4.69, 9.17) is 4.74 Å². The Morgan fingerprint density at radius 1 is 1.04 bits per heavy atom. The number of ether oxygens (including phenoxy) is 1. The monoisotopic (exact) mass is 446 g/mol. The van der Waals surface area contributed by atoms with Crippen LogP contribution >= 0.6 is 15.9 Å². The molecule has 0 atom stereocenters. The number of carbonyl (C=O) groups is 2. The zero-order valence-electron chi connectivity index (χ0n) is 16.9. The first-order valence-electron chi connectivity index (χ1n) is 9.21. The summed E-state index contributed by atoms with van der Waals surface area (Å²) in [6.45, 7) is 10.2. The van der Waals surface area contributed by atoms with Crippen LogP contribution in [-0.2, 0) is 4.79 Å². The minimum Gasteiger partial charge on any atom is -0.492 e. The fourth-order valence-electron chi connectivity index (χ4n) is 2.25. The molecule has 0 radical (unpaired) electrons. The number of amides is 2. The van der Waals surface area contributed by atoms with Crippen LogP contribution in [0.1, 0.15) is 45.0 Å². The first-order chi connectivity index (χ1) is 13.1. The lowest BCUT2D eigenvalue weighted by Crippen LogP contribution is -2.27. The Hall–Kier alpha value is -2.34. The van der Waals surface area contributed by atoms with E-state index in [2.05, 4.69) is 40.4 Å². The average molecular weight is 447 g/mol. The molecule has 0 aliphatic carbocycles. The first kappa shape index (κ1) is 22.0. The van der Waals surface area contributed by atoms with Gasteiger partial charge in [0.15, 0.2) is 0 Å². The van der Waals surface area contributed by atoms with Crippen molar-refractivity contribution in [2.75, 3.05) is 17.2 Å². The zero-order valence-corrected chi connectivity index (χ0v) is 18.5. The summed E-state index contributed by atoms with van der Waals surface area (Å²) in [6, 6.07) is 12.4. The molecule has 0 bridgehead atoms. The smallest absolute Gasteiger partial charge is 0.259 e. The van der Waals surface area contributed by atoms with Gasteiger partial charge in [0, 0.05) is 21.3 Å². The summed E-state index contributed by atoms with van der Waals surface area (Å²) in [5.74, 6) is 0.515. The Morgan fingerprint density at radius 3 is 2.29 bits per heavy atom. The maximum atomic E-state index is 12.8. The largest absolute Gasteiger partial charge is 0.492 e. The van der Waals surface area contributed by atoms with Gasteiger partial charge in [-0.1, -0.05) is 56.6 Å². The fourth-order valence-corrected chi connectivity index (χ4v) is 2.61. The molecule has 28 heavy (non-hydrogen) atoms. The van der Waals surface area contributed by atoms with Gasteiger partial charge in [0.25, 0.3) is 5.91 Å². The molecule has 0 unspecified atom stereocenters. The van der Waals surface area contributed by atoms with Gasteiger partial charge in [-0.05, 0) is 42.3 Å². The standard InChI is InChI=1S/C22H27BrN2O3/c1-14(2)13-28-19-10-9-15(23)11-18(19)20(26)24-16-7-6-8-17(12-16)25-21(27)22(3,4)5/h6-12,14H,13H2,1-5H3,(H,24,26)(H,25,27). The first-order valence-corrected chi connectivity index (χ1v) is 10.0. The van der Waals surface area contributed by atoms with Gasteiger partial charge >= 0.3 is 0 Å². The molecule has 5 nitrogen and oxygen atoms in total. The maximum Gasteiger partial charge on any atom is 0.259 e. The number of anilines is 2. The van der Waals surface area contributed by atoms with Crippen molar-refractivity contribution in [3.63, 3.8) is 0 Å². The van der Waals surface area contributed by atoms with Gasteiger partial charge in [0.05, 0.1) is 12.2 Å². The van der Waals surface area contributed by atoms with Crippen LogP contribution in [0.2, 0.25) is 0 Å². The molecule has 2 aromatic carbocycles. The quantitative estimate of drug-likeness (QED) is 0.595. The van der Waals surface area contributed by atoms with Gasteiger partial charge in [-0.15, -0.1) is 0 Å². The zero-order chi connectivity index (χ0) is 20.9. The predicted molar refractivity (Wildman–Crippen MR) is 117 cm³/mol. The molecule has 2 rings (SSSR count). The number of rotatable bonds is 6. The van der Waals surface area contributed by atoms with E-state index < -0.39 is 5.41 Å². The summed E-state index contributed by atoms with van der Waals surface area (Å²) in [5, 5.41) is 5.74. The maximum absolute atomic E-state index is 12.8. The van der Waals surface area contributed by atoms with Crippen molar-refractivity contribution in [3.8, 4) is 5.75 Å². The topological polar surface area (TPSA) is 67.4 Å². The van der Waals surface area contributed by atoms with E-state index >= 15 is 0 Å². The number of hydrogen-bond donors (Lipinski definition) is 2. The lowest BCUT2D eigenvalue weighted by molar-refractivity contribution is -0.123. The third kappa shape index (κ3) is 6.37. The Kier molecular flexibility index (Phi) is 7.24. The minimum absolute atomic E-state index is 0.0904. The predicted octanol–water partition coefficient (Wildman–Crippen LogP) is 5.72. The molecular formula is C22H27BrN2O3. The van der Waals surface area contributed by atoms with Gasteiger partial charge < -0.3 is 15.4 Å². The molecule has 0 saturated carbocycles. The van der Waals surface area contributed by atoms with E-state index in [1.54, 1.807) is 36.4 Å². The van der Waals surface area contributed by atoms with E-state index in [9.17, 15) is 9.59 Å². The molecule has 0 aromatic heterocycles. The van der Waals surface area contributed by atoms with Crippen LogP contribution in [0.5, 0.6) is 5.75 Å². The Balaban J connectivity index is 2.18. The van der Waals surface area contributed by atoms with E-state index in [1.165, 1.54) is 0 Å². The summed E-state index contributed by atoms with van der Waals surface area (Å²) in [7, 11) is 0. The molecule has 2 aromatic rings. The number of benzene rings is 2. The van der Waals surface area contributed by atoms with Crippen molar-refractivity contribution in [1.29, 1.82) is 0 Å². The van der Waals surface area contributed by atoms with Crippen LogP contribution < -0.4 is 15.4 Å². The van der Waals surface area contributed by atoms with Crippen molar-refractivity contribution in [3.05, 3.63) is 52.5 Å². The molecule has 0 spiro atoms. The summed E-state index contributed by atoms with van der Waals surface area (Å²) >= 11 is 3.40. The molecule has 150 valence electrons. The molecule has 2 amide bonds.